The van der Waals surface area contributed by atoms with Gasteiger partial charge in [0.1, 0.15) is 5.75 Å². The number of rotatable bonds is 6. The number of benzene rings is 2. The molecule has 1 fully saturated rings. The van der Waals surface area contributed by atoms with Crippen molar-refractivity contribution >= 4 is 15.9 Å². The molecular weight excluding hydrogens is 388 g/mol. The van der Waals surface area contributed by atoms with Crippen molar-refractivity contribution in [1.82, 2.24) is 9.62 Å². The molecule has 2 aromatic rings. The quantitative estimate of drug-likeness (QED) is 0.784. The summed E-state index contributed by atoms with van der Waals surface area (Å²) in [5.41, 5.74) is 2.02. The highest BCUT2D eigenvalue weighted by atomic mass is 32.2. The lowest BCUT2D eigenvalue weighted by atomic mass is 9.96. The van der Waals surface area contributed by atoms with Gasteiger partial charge in [-0.05, 0) is 56.5 Å². The van der Waals surface area contributed by atoms with Gasteiger partial charge in [-0.2, -0.15) is 4.31 Å². The monoisotopic (exact) mass is 416 g/mol. The average molecular weight is 417 g/mol. The second-order valence-electron chi connectivity index (χ2n) is 7.49. The highest BCUT2D eigenvalue weighted by Crippen LogP contribution is 2.25. The van der Waals surface area contributed by atoms with Crippen molar-refractivity contribution in [1.29, 1.82) is 0 Å². The average Bonchev–Trinajstić information content (AvgIpc) is 2.74. The Balaban J connectivity index is 1.56. The number of carbonyl (C=O) groups excluding carboxylic acids is 1. The Bertz CT molecular complexity index is 932. The minimum Gasteiger partial charge on any atom is -0.497 e. The molecule has 0 spiro atoms. The van der Waals surface area contributed by atoms with Gasteiger partial charge in [0, 0.05) is 19.0 Å². The van der Waals surface area contributed by atoms with Crippen LogP contribution in [-0.4, -0.2) is 38.8 Å². The zero-order valence-electron chi connectivity index (χ0n) is 17.1. The number of nitrogens with one attached hydrogen (secondary N) is 1. The second-order valence-corrected chi connectivity index (χ2v) is 9.43. The minimum absolute atomic E-state index is 0.0271. The van der Waals surface area contributed by atoms with Crippen LogP contribution in [0.5, 0.6) is 5.75 Å². The van der Waals surface area contributed by atoms with Gasteiger partial charge < -0.3 is 10.1 Å². The smallest absolute Gasteiger partial charge is 0.243 e. The summed E-state index contributed by atoms with van der Waals surface area (Å²) in [6.07, 6.45) is 1.04. The molecule has 0 aliphatic carbocycles. The van der Waals surface area contributed by atoms with Gasteiger partial charge in [-0.25, -0.2) is 8.42 Å². The van der Waals surface area contributed by atoms with E-state index in [4.69, 9.17) is 4.74 Å². The SMILES string of the molecule is COc1ccc([C@@H](C)NC(=O)C2CCN(S(=O)(=O)c3ccc(C)cc3)CC2)cc1. The molecule has 1 saturated heterocycles. The Morgan fingerprint density at radius 3 is 2.21 bits per heavy atom. The Kier molecular flexibility index (Phi) is 6.59. The Morgan fingerprint density at radius 1 is 1.07 bits per heavy atom. The molecule has 29 heavy (non-hydrogen) atoms. The summed E-state index contributed by atoms with van der Waals surface area (Å²) in [4.78, 5) is 13.0. The molecule has 0 saturated carbocycles. The molecule has 3 rings (SSSR count). The normalized spacial score (nSPS) is 16.9. The number of ether oxygens (including phenoxy) is 1. The number of nitrogens with zero attached hydrogens (tertiary/aromatic N) is 1. The molecule has 156 valence electrons. The third-order valence-corrected chi connectivity index (χ3v) is 7.37. The molecule has 6 nitrogen and oxygen atoms in total. The minimum atomic E-state index is -3.51. The molecular formula is C22H28N2O4S. The van der Waals surface area contributed by atoms with E-state index in [2.05, 4.69) is 5.32 Å². The number of hydrogen-bond acceptors (Lipinski definition) is 4. The lowest BCUT2D eigenvalue weighted by Gasteiger charge is -2.31. The first-order valence-electron chi connectivity index (χ1n) is 9.82. The van der Waals surface area contributed by atoms with Crippen LogP contribution in [-0.2, 0) is 14.8 Å². The Morgan fingerprint density at radius 2 is 1.66 bits per heavy atom. The molecule has 1 N–H and O–H groups in total. The number of methoxy groups -OCH3 is 1. The first-order valence-corrected chi connectivity index (χ1v) is 11.3. The van der Waals surface area contributed by atoms with Crippen LogP contribution in [0.4, 0.5) is 0 Å². The number of amides is 1. The van der Waals surface area contributed by atoms with E-state index in [0.29, 0.717) is 30.8 Å². The van der Waals surface area contributed by atoms with Crippen LogP contribution in [0.15, 0.2) is 53.4 Å². The largest absolute Gasteiger partial charge is 0.497 e. The molecule has 1 aliphatic rings. The molecule has 0 bridgehead atoms. The summed E-state index contributed by atoms with van der Waals surface area (Å²) < 4.78 is 32.3. The maximum atomic E-state index is 12.8. The number of aryl methyl sites for hydroxylation is 1. The van der Waals surface area contributed by atoms with Gasteiger partial charge in [-0.15, -0.1) is 0 Å². The second kappa shape index (κ2) is 8.97. The third-order valence-electron chi connectivity index (χ3n) is 5.46. The molecule has 7 heteroatoms. The van der Waals surface area contributed by atoms with Crippen LogP contribution >= 0.6 is 0 Å². The van der Waals surface area contributed by atoms with Gasteiger partial charge in [0.2, 0.25) is 15.9 Å². The number of carbonyl (C=O) groups is 1. The van der Waals surface area contributed by atoms with E-state index in [1.807, 2.05) is 38.1 Å². The summed E-state index contributed by atoms with van der Waals surface area (Å²) in [6, 6.07) is 14.4. The van der Waals surface area contributed by atoms with Crippen LogP contribution in [0, 0.1) is 12.8 Å². The lowest BCUT2D eigenvalue weighted by molar-refractivity contribution is -0.126. The summed E-state index contributed by atoms with van der Waals surface area (Å²) in [7, 11) is -1.89. The standard InChI is InChI=1S/C22H28N2O4S/c1-16-4-10-21(11-5-16)29(26,27)24-14-12-19(13-15-24)22(25)23-17(2)18-6-8-20(28-3)9-7-18/h4-11,17,19H,12-15H2,1-3H3,(H,23,25)/t17-/m1/s1. The lowest BCUT2D eigenvalue weighted by Crippen LogP contribution is -2.43. The van der Waals surface area contributed by atoms with Gasteiger partial charge in [0.15, 0.2) is 0 Å². The van der Waals surface area contributed by atoms with Gasteiger partial charge in [-0.1, -0.05) is 29.8 Å². The van der Waals surface area contributed by atoms with Gasteiger partial charge in [-0.3, -0.25) is 4.79 Å². The number of hydrogen-bond donors (Lipinski definition) is 1. The zero-order valence-corrected chi connectivity index (χ0v) is 17.9. The number of piperidine rings is 1. The first kappa shape index (κ1) is 21.3. The fourth-order valence-corrected chi connectivity index (χ4v) is 4.99. The van der Waals surface area contributed by atoms with Crippen molar-refractivity contribution in [3.8, 4) is 5.75 Å². The summed E-state index contributed by atoms with van der Waals surface area (Å²) in [6.45, 7) is 4.57. The summed E-state index contributed by atoms with van der Waals surface area (Å²) in [5, 5.41) is 3.05. The van der Waals surface area contributed by atoms with Crippen LogP contribution < -0.4 is 10.1 Å². The van der Waals surface area contributed by atoms with Crippen molar-refractivity contribution in [2.75, 3.05) is 20.2 Å². The van der Waals surface area contributed by atoms with Crippen LogP contribution in [0.3, 0.4) is 0 Å². The molecule has 0 radical (unpaired) electrons. The zero-order chi connectivity index (χ0) is 21.0. The summed E-state index contributed by atoms with van der Waals surface area (Å²) in [5.74, 6) is 0.565. The Labute approximate surface area is 172 Å². The highest BCUT2D eigenvalue weighted by molar-refractivity contribution is 7.89. The van der Waals surface area contributed by atoms with E-state index in [1.165, 1.54) is 4.31 Å². The van der Waals surface area contributed by atoms with Crippen molar-refractivity contribution in [3.63, 3.8) is 0 Å². The maximum absolute atomic E-state index is 12.8. The maximum Gasteiger partial charge on any atom is 0.243 e. The number of sulfonamides is 1. The van der Waals surface area contributed by atoms with Crippen LogP contribution in [0.2, 0.25) is 0 Å². The van der Waals surface area contributed by atoms with Crippen molar-refractivity contribution in [2.24, 2.45) is 5.92 Å². The topological polar surface area (TPSA) is 75.7 Å². The first-order chi connectivity index (χ1) is 13.8. The fraction of sp³-hybridized carbons (Fsp3) is 0.409. The third kappa shape index (κ3) is 4.97. The predicted octanol–water partition coefficient (Wildman–Crippen LogP) is 3.28. The Hall–Kier alpha value is -2.38. The van der Waals surface area contributed by atoms with Gasteiger partial charge >= 0.3 is 0 Å². The molecule has 1 heterocycles. The molecule has 1 aliphatic heterocycles. The fourth-order valence-electron chi connectivity index (χ4n) is 3.52. The molecule has 0 aromatic heterocycles. The van der Waals surface area contributed by atoms with Gasteiger partial charge in [0.25, 0.3) is 0 Å². The summed E-state index contributed by atoms with van der Waals surface area (Å²) >= 11 is 0. The van der Waals surface area contributed by atoms with Crippen LogP contribution in [0.1, 0.15) is 36.9 Å². The van der Waals surface area contributed by atoms with E-state index in [1.54, 1.807) is 31.4 Å². The van der Waals surface area contributed by atoms with E-state index < -0.39 is 10.0 Å². The predicted molar refractivity (Wildman–Crippen MR) is 112 cm³/mol. The van der Waals surface area contributed by atoms with E-state index >= 15 is 0 Å². The van der Waals surface area contributed by atoms with E-state index in [9.17, 15) is 13.2 Å². The molecule has 0 unspecified atom stereocenters. The van der Waals surface area contributed by atoms with Crippen molar-refractivity contribution in [2.45, 2.75) is 37.6 Å². The molecule has 1 amide bonds. The van der Waals surface area contributed by atoms with Crippen molar-refractivity contribution < 1.29 is 17.9 Å². The van der Waals surface area contributed by atoms with E-state index in [-0.39, 0.29) is 17.9 Å². The molecule has 1 atom stereocenters. The highest BCUT2D eigenvalue weighted by Gasteiger charge is 2.32. The van der Waals surface area contributed by atoms with Crippen LogP contribution in [0.25, 0.3) is 0 Å². The van der Waals surface area contributed by atoms with Crippen molar-refractivity contribution in [3.05, 3.63) is 59.7 Å². The molecule has 2 aromatic carbocycles. The van der Waals surface area contributed by atoms with Gasteiger partial charge in [0.05, 0.1) is 18.0 Å². The van der Waals surface area contributed by atoms with E-state index in [0.717, 1.165) is 16.9 Å².